The Bertz CT molecular complexity index is 994. The highest BCUT2D eigenvalue weighted by Gasteiger charge is 2.23. The van der Waals surface area contributed by atoms with Crippen molar-refractivity contribution >= 4 is 41.3 Å². The van der Waals surface area contributed by atoms with E-state index in [1.807, 2.05) is 6.26 Å². The number of nitrogens with zero attached hydrogens (tertiary/aromatic N) is 1. The zero-order valence-corrected chi connectivity index (χ0v) is 17.4. The van der Waals surface area contributed by atoms with Crippen molar-refractivity contribution in [3.8, 4) is 0 Å². The molecule has 0 aliphatic carbocycles. The zero-order valence-electron chi connectivity index (χ0n) is 16.6. The Labute approximate surface area is 182 Å². The standard InChI is InChI=1S/C21H21N3O6S/c1-31-11-10-17(21(27)28)22-20(26)18(23-19(25)15-7-3-2-4-8-15)13-14-6-5-9-16(12-14)24(29)30/h2-9,12-13,17H,10-11H2,1H3,(H,22,26)(H,23,25)(H,27,28)/b18-13+. The summed E-state index contributed by atoms with van der Waals surface area (Å²) in [5.41, 5.74) is 0.164. The molecule has 0 heterocycles. The third-order valence-electron chi connectivity index (χ3n) is 4.13. The van der Waals surface area contributed by atoms with Gasteiger partial charge in [-0.15, -0.1) is 0 Å². The van der Waals surface area contributed by atoms with Crippen LogP contribution in [0.2, 0.25) is 0 Å². The van der Waals surface area contributed by atoms with Crippen LogP contribution >= 0.6 is 11.8 Å². The molecule has 0 bridgehead atoms. The average Bonchev–Trinajstić information content (AvgIpc) is 2.76. The van der Waals surface area contributed by atoms with Crippen LogP contribution in [0.5, 0.6) is 0 Å². The second-order valence-electron chi connectivity index (χ2n) is 6.38. The molecule has 2 aromatic rings. The lowest BCUT2D eigenvalue weighted by Crippen LogP contribution is -2.44. The van der Waals surface area contributed by atoms with Crippen LogP contribution in [-0.4, -0.2) is 45.9 Å². The van der Waals surface area contributed by atoms with Crippen LogP contribution in [-0.2, 0) is 9.59 Å². The molecule has 2 amide bonds. The van der Waals surface area contributed by atoms with Crippen LogP contribution in [0.25, 0.3) is 6.08 Å². The van der Waals surface area contributed by atoms with Gasteiger partial charge < -0.3 is 15.7 Å². The highest BCUT2D eigenvalue weighted by Crippen LogP contribution is 2.16. The van der Waals surface area contributed by atoms with Gasteiger partial charge in [0.25, 0.3) is 17.5 Å². The van der Waals surface area contributed by atoms with Gasteiger partial charge in [0.15, 0.2) is 0 Å². The van der Waals surface area contributed by atoms with Gasteiger partial charge in [-0.05, 0) is 42.2 Å². The molecule has 0 saturated heterocycles. The number of rotatable bonds is 10. The lowest BCUT2D eigenvalue weighted by molar-refractivity contribution is -0.384. The summed E-state index contributed by atoms with van der Waals surface area (Å²) in [4.78, 5) is 47.3. The van der Waals surface area contributed by atoms with E-state index in [1.54, 1.807) is 30.3 Å². The van der Waals surface area contributed by atoms with Gasteiger partial charge >= 0.3 is 5.97 Å². The number of carboxylic acid groups (broad SMARTS) is 1. The highest BCUT2D eigenvalue weighted by molar-refractivity contribution is 7.98. The number of nitro benzene ring substituents is 1. The third kappa shape index (κ3) is 7.27. The normalized spacial score (nSPS) is 12.0. The van der Waals surface area contributed by atoms with E-state index in [-0.39, 0.29) is 23.4 Å². The summed E-state index contributed by atoms with van der Waals surface area (Å²) in [5, 5.41) is 25.3. The first kappa shape index (κ1) is 23.6. The van der Waals surface area contributed by atoms with Crippen molar-refractivity contribution in [1.29, 1.82) is 0 Å². The predicted octanol–water partition coefficient (Wildman–Crippen LogP) is 2.69. The van der Waals surface area contributed by atoms with Gasteiger partial charge in [-0.1, -0.05) is 30.3 Å². The van der Waals surface area contributed by atoms with E-state index in [9.17, 15) is 29.6 Å². The molecule has 0 saturated carbocycles. The first-order valence-corrected chi connectivity index (χ1v) is 10.6. The average molecular weight is 443 g/mol. The molecule has 9 nitrogen and oxygen atoms in total. The molecule has 0 radical (unpaired) electrons. The Hall–Kier alpha value is -3.66. The summed E-state index contributed by atoms with van der Waals surface area (Å²) in [7, 11) is 0. The van der Waals surface area contributed by atoms with Crippen LogP contribution in [0.1, 0.15) is 22.3 Å². The van der Waals surface area contributed by atoms with Gasteiger partial charge in [0.2, 0.25) is 0 Å². The maximum Gasteiger partial charge on any atom is 0.326 e. The van der Waals surface area contributed by atoms with E-state index in [2.05, 4.69) is 10.6 Å². The molecule has 0 spiro atoms. The number of carbonyl (C=O) groups excluding carboxylic acids is 2. The van der Waals surface area contributed by atoms with Gasteiger partial charge in [-0.2, -0.15) is 11.8 Å². The largest absolute Gasteiger partial charge is 0.480 e. The van der Waals surface area contributed by atoms with Gasteiger partial charge in [0.05, 0.1) is 4.92 Å². The number of benzene rings is 2. The quantitative estimate of drug-likeness (QED) is 0.291. The maximum atomic E-state index is 12.8. The zero-order chi connectivity index (χ0) is 22.8. The number of nitrogens with one attached hydrogen (secondary N) is 2. The number of amides is 2. The molecule has 162 valence electrons. The lowest BCUT2D eigenvalue weighted by Gasteiger charge is -2.16. The lowest BCUT2D eigenvalue weighted by atomic mass is 10.1. The fourth-order valence-electron chi connectivity index (χ4n) is 2.57. The molecule has 0 fully saturated rings. The Morgan fingerprint density at radius 2 is 1.87 bits per heavy atom. The fraction of sp³-hybridized carbons (Fsp3) is 0.190. The first-order chi connectivity index (χ1) is 14.8. The summed E-state index contributed by atoms with van der Waals surface area (Å²) in [6.45, 7) is 0. The van der Waals surface area contributed by atoms with E-state index >= 15 is 0 Å². The molecular weight excluding hydrogens is 422 g/mol. The minimum Gasteiger partial charge on any atom is -0.480 e. The molecule has 31 heavy (non-hydrogen) atoms. The number of carbonyl (C=O) groups is 3. The van der Waals surface area contributed by atoms with E-state index in [1.165, 1.54) is 42.1 Å². The molecule has 10 heteroatoms. The van der Waals surface area contributed by atoms with Crippen LogP contribution < -0.4 is 10.6 Å². The van der Waals surface area contributed by atoms with Crippen LogP contribution in [0.4, 0.5) is 5.69 Å². The second kappa shape index (κ2) is 11.5. The van der Waals surface area contributed by atoms with Crippen molar-refractivity contribution in [2.24, 2.45) is 0 Å². The Morgan fingerprint density at radius 3 is 2.48 bits per heavy atom. The molecule has 1 unspecified atom stereocenters. The van der Waals surface area contributed by atoms with Crippen LogP contribution in [0.15, 0.2) is 60.3 Å². The molecular formula is C21H21N3O6S. The third-order valence-corrected chi connectivity index (χ3v) is 4.78. The Kier molecular flexibility index (Phi) is 8.77. The van der Waals surface area contributed by atoms with Crippen molar-refractivity contribution in [3.05, 3.63) is 81.5 Å². The number of aliphatic carboxylic acids is 1. The van der Waals surface area contributed by atoms with Crippen molar-refractivity contribution < 1.29 is 24.4 Å². The van der Waals surface area contributed by atoms with Crippen LogP contribution in [0.3, 0.4) is 0 Å². The van der Waals surface area contributed by atoms with Crippen molar-refractivity contribution in [3.63, 3.8) is 0 Å². The van der Waals surface area contributed by atoms with Gasteiger partial charge in [-0.25, -0.2) is 4.79 Å². The van der Waals surface area contributed by atoms with Gasteiger partial charge in [0.1, 0.15) is 11.7 Å². The number of nitro groups is 1. The van der Waals surface area contributed by atoms with E-state index in [4.69, 9.17) is 0 Å². The monoisotopic (exact) mass is 443 g/mol. The number of hydrogen-bond donors (Lipinski definition) is 3. The topological polar surface area (TPSA) is 139 Å². The predicted molar refractivity (Wildman–Crippen MR) is 118 cm³/mol. The summed E-state index contributed by atoms with van der Waals surface area (Å²) in [6.07, 6.45) is 3.27. The SMILES string of the molecule is CSCCC(NC(=O)/C(=C\c1cccc([N+](=O)[O-])c1)NC(=O)c1ccccc1)C(=O)O. The smallest absolute Gasteiger partial charge is 0.326 e. The maximum absolute atomic E-state index is 12.8. The minimum absolute atomic E-state index is 0.189. The fourth-order valence-corrected chi connectivity index (χ4v) is 3.04. The molecule has 0 aliphatic heterocycles. The number of hydrogen-bond acceptors (Lipinski definition) is 6. The Balaban J connectivity index is 2.35. The minimum atomic E-state index is -1.20. The summed E-state index contributed by atoms with van der Waals surface area (Å²) >= 11 is 1.43. The van der Waals surface area contributed by atoms with Gasteiger partial charge in [-0.3, -0.25) is 19.7 Å². The Morgan fingerprint density at radius 1 is 1.16 bits per heavy atom. The van der Waals surface area contributed by atoms with Gasteiger partial charge in [0, 0.05) is 17.7 Å². The molecule has 1 atom stereocenters. The molecule has 3 N–H and O–H groups in total. The van der Waals surface area contributed by atoms with E-state index in [0.29, 0.717) is 11.3 Å². The van der Waals surface area contributed by atoms with Crippen molar-refractivity contribution in [1.82, 2.24) is 10.6 Å². The van der Waals surface area contributed by atoms with Crippen molar-refractivity contribution in [2.75, 3.05) is 12.0 Å². The number of carboxylic acids is 1. The van der Waals surface area contributed by atoms with E-state index in [0.717, 1.165) is 0 Å². The molecule has 0 aromatic heterocycles. The van der Waals surface area contributed by atoms with E-state index < -0.39 is 28.7 Å². The summed E-state index contributed by atoms with van der Waals surface area (Å²) < 4.78 is 0. The number of non-ortho nitro benzene ring substituents is 1. The molecule has 2 rings (SSSR count). The molecule has 2 aromatic carbocycles. The summed E-state index contributed by atoms with van der Waals surface area (Å²) in [5.74, 6) is -2.09. The second-order valence-corrected chi connectivity index (χ2v) is 7.36. The first-order valence-electron chi connectivity index (χ1n) is 9.17. The highest BCUT2D eigenvalue weighted by atomic mass is 32.2. The van der Waals surface area contributed by atoms with Crippen LogP contribution in [0, 0.1) is 10.1 Å². The molecule has 0 aliphatic rings. The van der Waals surface area contributed by atoms with Crippen molar-refractivity contribution in [2.45, 2.75) is 12.5 Å². The number of thioether (sulfide) groups is 1. The summed E-state index contributed by atoms with van der Waals surface area (Å²) in [6, 6.07) is 12.5.